The Hall–Kier alpha value is -2.89. The third kappa shape index (κ3) is 4.61. The molecule has 6 heteroatoms. The molecule has 2 aromatic heterocycles. The van der Waals surface area contributed by atoms with Gasteiger partial charge in [-0.05, 0) is 74.3 Å². The molecular formula is C27H35N5O. The molecule has 3 aromatic rings. The lowest BCUT2D eigenvalue weighted by Crippen LogP contribution is -2.34. The maximum atomic E-state index is 13.0. The summed E-state index contributed by atoms with van der Waals surface area (Å²) in [6.07, 6.45) is 10.3. The van der Waals surface area contributed by atoms with Crippen molar-refractivity contribution in [2.24, 2.45) is 11.8 Å². The molecule has 2 unspecified atom stereocenters. The molecule has 2 fully saturated rings. The molecule has 5 rings (SSSR count). The Bertz CT molecular complexity index is 1150. The number of nitrogens with zero attached hydrogens (tertiary/aromatic N) is 4. The van der Waals surface area contributed by atoms with Crippen molar-refractivity contribution in [1.82, 2.24) is 14.5 Å². The van der Waals surface area contributed by atoms with E-state index in [9.17, 15) is 4.79 Å². The Morgan fingerprint density at radius 3 is 2.45 bits per heavy atom. The average molecular weight is 446 g/mol. The van der Waals surface area contributed by atoms with E-state index in [2.05, 4.69) is 53.3 Å². The molecule has 1 N–H and O–H groups in total. The van der Waals surface area contributed by atoms with Gasteiger partial charge in [0.15, 0.2) is 0 Å². The van der Waals surface area contributed by atoms with E-state index < -0.39 is 0 Å². The van der Waals surface area contributed by atoms with E-state index >= 15 is 0 Å². The van der Waals surface area contributed by atoms with Crippen LogP contribution in [0.3, 0.4) is 0 Å². The highest BCUT2D eigenvalue weighted by Gasteiger charge is 2.30. The molecule has 33 heavy (non-hydrogen) atoms. The standard InChI is InChI=1S/C27H35N5O/c1-19(2)23-8-4-5-9-24(23)32-25(33)15-10-20-18-28-27(30-26(20)32)29-21-11-13-22(14-12-21)31-16-6-3-7-17-31/h10-15,18-19,23-24H,3-9,16-17H2,1-2H3,(H,28,29,30). The van der Waals surface area contributed by atoms with Crippen LogP contribution in [0.1, 0.15) is 64.8 Å². The van der Waals surface area contributed by atoms with Crippen LogP contribution in [0.5, 0.6) is 0 Å². The van der Waals surface area contributed by atoms with Gasteiger partial charge < -0.3 is 10.2 Å². The third-order valence-corrected chi connectivity index (χ3v) is 7.48. The van der Waals surface area contributed by atoms with E-state index in [1.807, 2.05) is 16.8 Å². The van der Waals surface area contributed by atoms with E-state index in [1.165, 1.54) is 37.8 Å². The summed E-state index contributed by atoms with van der Waals surface area (Å²) in [5.74, 6) is 1.57. The summed E-state index contributed by atoms with van der Waals surface area (Å²) in [5, 5.41) is 4.26. The number of hydrogen-bond donors (Lipinski definition) is 1. The van der Waals surface area contributed by atoms with Crippen LogP contribution >= 0.6 is 0 Å². The number of aromatic nitrogens is 3. The predicted molar refractivity (Wildman–Crippen MR) is 135 cm³/mol. The number of benzene rings is 1. The zero-order valence-electron chi connectivity index (χ0n) is 19.8. The highest BCUT2D eigenvalue weighted by atomic mass is 16.1. The van der Waals surface area contributed by atoms with Gasteiger partial charge in [-0.15, -0.1) is 0 Å². The van der Waals surface area contributed by atoms with E-state index in [-0.39, 0.29) is 11.6 Å². The lowest BCUT2D eigenvalue weighted by molar-refractivity contribution is 0.184. The largest absolute Gasteiger partial charge is 0.372 e. The van der Waals surface area contributed by atoms with Gasteiger partial charge in [0.1, 0.15) is 5.65 Å². The second kappa shape index (κ2) is 9.54. The molecule has 1 saturated carbocycles. The predicted octanol–water partition coefficient (Wildman–Crippen LogP) is 5.91. The van der Waals surface area contributed by atoms with E-state index in [4.69, 9.17) is 4.98 Å². The van der Waals surface area contributed by atoms with Crippen molar-refractivity contribution in [2.45, 2.75) is 64.8 Å². The molecule has 1 aliphatic heterocycles. The molecule has 0 amide bonds. The maximum Gasteiger partial charge on any atom is 0.252 e. The zero-order valence-corrected chi connectivity index (χ0v) is 19.8. The van der Waals surface area contributed by atoms with Crippen LogP contribution in [-0.4, -0.2) is 27.6 Å². The minimum Gasteiger partial charge on any atom is -0.372 e. The second-order valence-electron chi connectivity index (χ2n) is 9.99. The molecule has 1 aromatic carbocycles. The lowest BCUT2D eigenvalue weighted by atomic mass is 9.77. The van der Waals surface area contributed by atoms with Gasteiger partial charge in [-0.2, -0.15) is 4.98 Å². The fourth-order valence-corrected chi connectivity index (χ4v) is 5.69. The van der Waals surface area contributed by atoms with Crippen molar-refractivity contribution in [1.29, 1.82) is 0 Å². The van der Waals surface area contributed by atoms with Crippen LogP contribution in [-0.2, 0) is 0 Å². The highest BCUT2D eigenvalue weighted by Crippen LogP contribution is 2.38. The Balaban J connectivity index is 1.44. The van der Waals surface area contributed by atoms with Crippen molar-refractivity contribution in [2.75, 3.05) is 23.3 Å². The summed E-state index contributed by atoms with van der Waals surface area (Å²) in [6.45, 7) is 6.82. The first-order valence-corrected chi connectivity index (χ1v) is 12.6. The van der Waals surface area contributed by atoms with Gasteiger partial charge in [-0.3, -0.25) is 9.36 Å². The molecule has 0 bridgehead atoms. The molecule has 1 aliphatic carbocycles. The van der Waals surface area contributed by atoms with Crippen molar-refractivity contribution in [3.05, 3.63) is 52.9 Å². The summed E-state index contributed by atoms with van der Waals surface area (Å²) >= 11 is 0. The molecule has 2 aliphatic rings. The van der Waals surface area contributed by atoms with Crippen LogP contribution < -0.4 is 15.8 Å². The van der Waals surface area contributed by atoms with Gasteiger partial charge in [-0.1, -0.05) is 26.7 Å². The molecular weight excluding hydrogens is 410 g/mol. The fraction of sp³-hybridized carbons (Fsp3) is 0.519. The monoisotopic (exact) mass is 445 g/mol. The second-order valence-corrected chi connectivity index (χ2v) is 9.99. The molecule has 3 heterocycles. The first-order valence-electron chi connectivity index (χ1n) is 12.6. The van der Waals surface area contributed by atoms with Crippen LogP contribution in [0, 0.1) is 11.8 Å². The van der Waals surface area contributed by atoms with Gasteiger partial charge in [0, 0.05) is 48.2 Å². The first-order chi connectivity index (χ1) is 16.1. The molecule has 0 radical (unpaired) electrons. The minimum absolute atomic E-state index is 0.0376. The Morgan fingerprint density at radius 2 is 1.70 bits per heavy atom. The topological polar surface area (TPSA) is 63.1 Å². The lowest BCUT2D eigenvalue weighted by Gasteiger charge is -2.36. The average Bonchev–Trinajstić information content (AvgIpc) is 2.85. The number of piperidine rings is 1. The van der Waals surface area contributed by atoms with Crippen molar-refractivity contribution in [3.8, 4) is 0 Å². The molecule has 174 valence electrons. The summed E-state index contributed by atoms with van der Waals surface area (Å²) in [5.41, 5.74) is 3.00. The SMILES string of the molecule is CC(C)C1CCCCC1n1c(=O)ccc2cnc(Nc3ccc(N4CCCCC4)cc3)nc21. The molecule has 2 atom stereocenters. The number of anilines is 3. The van der Waals surface area contributed by atoms with Gasteiger partial charge in [-0.25, -0.2) is 4.98 Å². The number of fused-ring (bicyclic) bond motifs is 1. The fourth-order valence-electron chi connectivity index (χ4n) is 5.69. The van der Waals surface area contributed by atoms with E-state index in [1.54, 1.807) is 6.07 Å². The highest BCUT2D eigenvalue weighted by molar-refractivity contribution is 5.76. The normalized spacial score (nSPS) is 21.5. The Morgan fingerprint density at radius 1 is 0.939 bits per heavy atom. The summed E-state index contributed by atoms with van der Waals surface area (Å²) in [6, 6.07) is 12.2. The molecule has 0 spiro atoms. The number of pyridine rings is 1. The van der Waals surface area contributed by atoms with Gasteiger partial charge >= 0.3 is 0 Å². The Kier molecular flexibility index (Phi) is 6.34. The first kappa shape index (κ1) is 21.9. The number of nitrogens with one attached hydrogen (secondary N) is 1. The van der Waals surface area contributed by atoms with Crippen molar-refractivity contribution >= 4 is 28.4 Å². The smallest absolute Gasteiger partial charge is 0.252 e. The van der Waals surface area contributed by atoms with Crippen LogP contribution in [0.15, 0.2) is 47.4 Å². The van der Waals surface area contributed by atoms with Gasteiger partial charge in [0.05, 0.1) is 0 Å². The molecule has 1 saturated heterocycles. The maximum absolute atomic E-state index is 13.0. The van der Waals surface area contributed by atoms with E-state index in [0.29, 0.717) is 17.8 Å². The Labute approximate surface area is 196 Å². The summed E-state index contributed by atoms with van der Waals surface area (Å²) in [4.78, 5) is 24.9. The third-order valence-electron chi connectivity index (χ3n) is 7.48. The number of rotatable bonds is 5. The summed E-state index contributed by atoms with van der Waals surface area (Å²) in [7, 11) is 0. The van der Waals surface area contributed by atoms with E-state index in [0.717, 1.165) is 42.7 Å². The quantitative estimate of drug-likeness (QED) is 0.529. The van der Waals surface area contributed by atoms with Gasteiger partial charge in [0.25, 0.3) is 5.56 Å². The van der Waals surface area contributed by atoms with Crippen LogP contribution in [0.2, 0.25) is 0 Å². The number of hydrogen-bond acceptors (Lipinski definition) is 5. The van der Waals surface area contributed by atoms with Crippen LogP contribution in [0.4, 0.5) is 17.3 Å². The zero-order chi connectivity index (χ0) is 22.8. The molecule has 6 nitrogen and oxygen atoms in total. The van der Waals surface area contributed by atoms with Crippen molar-refractivity contribution in [3.63, 3.8) is 0 Å². The van der Waals surface area contributed by atoms with Crippen LogP contribution in [0.25, 0.3) is 11.0 Å². The van der Waals surface area contributed by atoms with Gasteiger partial charge in [0.2, 0.25) is 5.95 Å². The minimum atomic E-state index is 0.0376. The summed E-state index contributed by atoms with van der Waals surface area (Å²) < 4.78 is 1.95. The van der Waals surface area contributed by atoms with Crippen molar-refractivity contribution < 1.29 is 0 Å².